The van der Waals surface area contributed by atoms with Crippen molar-refractivity contribution in [2.45, 2.75) is 83.3 Å². The highest BCUT2D eigenvalue weighted by molar-refractivity contribution is 5.89. The molecule has 3 atom stereocenters. The van der Waals surface area contributed by atoms with Gasteiger partial charge in [-0.15, -0.1) is 0 Å². The van der Waals surface area contributed by atoms with Crippen molar-refractivity contribution in [3.8, 4) is 0 Å². The summed E-state index contributed by atoms with van der Waals surface area (Å²) < 4.78 is 2.44. The van der Waals surface area contributed by atoms with E-state index < -0.39 is 0 Å². The van der Waals surface area contributed by atoms with Crippen molar-refractivity contribution in [3.63, 3.8) is 0 Å². The van der Waals surface area contributed by atoms with Gasteiger partial charge < -0.3 is 9.88 Å². The Bertz CT molecular complexity index is 908. The topological polar surface area (TPSA) is 37.3 Å². The second-order valence-corrected chi connectivity index (χ2v) is 9.78. The number of likely N-dealkylation sites (tertiary alicyclic amines) is 1. The lowest BCUT2D eigenvalue weighted by molar-refractivity contribution is -0.128. The van der Waals surface area contributed by atoms with E-state index in [9.17, 15) is 4.79 Å². The fraction of sp³-hybridized carbons (Fsp3) is 0.640. The second kappa shape index (κ2) is 7.46. The molecule has 1 saturated heterocycles. The third-order valence-electron chi connectivity index (χ3n) is 7.76. The molecule has 2 aliphatic carbocycles. The molecule has 1 saturated carbocycles. The second-order valence-electron chi connectivity index (χ2n) is 9.78. The minimum Gasteiger partial charge on any atom is -0.353 e. The molecule has 0 bridgehead atoms. The maximum Gasteiger partial charge on any atom is 0.224 e. The van der Waals surface area contributed by atoms with E-state index in [1.165, 1.54) is 34.9 Å². The van der Waals surface area contributed by atoms with Crippen molar-refractivity contribution in [3.05, 3.63) is 35.5 Å². The first-order chi connectivity index (χ1) is 14.1. The van der Waals surface area contributed by atoms with Crippen LogP contribution in [0.1, 0.15) is 76.0 Å². The van der Waals surface area contributed by atoms with Crippen molar-refractivity contribution in [1.29, 1.82) is 0 Å². The standard InChI is InChI=1S/C25H35N3O/c1-4-27-14-18(25(29)26-19-8-5-6-9-19)12-21-20-10-7-11-22-24(20)17(13-23(21)27)15-28(22)16(2)3/h7,10-11,15-16,18-19,21,23H,4-6,8-9,12-14H2,1-3H3,(H,26,29)/t18-,21?,23-/m1/s1. The minimum atomic E-state index is 0.112. The summed E-state index contributed by atoms with van der Waals surface area (Å²) in [4.78, 5) is 15.7. The van der Waals surface area contributed by atoms with E-state index in [2.05, 4.69) is 60.0 Å². The van der Waals surface area contributed by atoms with Crippen LogP contribution in [0.25, 0.3) is 10.9 Å². The molecule has 1 aromatic carbocycles. The van der Waals surface area contributed by atoms with E-state index in [1.54, 1.807) is 0 Å². The number of piperidine rings is 1. The lowest BCUT2D eigenvalue weighted by Gasteiger charge is -2.46. The molecule has 1 unspecified atom stereocenters. The number of carbonyl (C=O) groups excluding carboxylic acids is 1. The number of nitrogens with zero attached hydrogens (tertiary/aromatic N) is 2. The zero-order chi connectivity index (χ0) is 20.1. The molecular weight excluding hydrogens is 358 g/mol. The van der Waals surface area contributed by atoms with Crippen molar-refractivity contribution in [2.24, 2.45) is 5.92 Å². The van der Waals surface area contributed by atoms with E-state index in [1.807, 2.05) is 0 Å². The molecule has 4 nitrogen and oxygen atoms in total. The zero-order valence-corrected chi connectivity index (χ0v) is 18.2. The normalized spacial score (nSPS) is 27.5. The summed E-state index contributed by atoms with van der Waals surface area (Å²) in [6, 6.07) is 8.23. The van der Waals surface area contributed by atoms with Crippen LogP contribution >= 0.6 is 0 Å². The maximum atomic E-state index is 13.1. The number of hydrogen-bond acceptors (Lipinski definition) is 2. The molecule has 2 aromatic rings. The molecule has 4 heteroatoms. The Morgan fingerprint density at radius 1 is 1.24 bits per heavy atom. The molecule has 1 amide bonds. The van der Waals surface area contributed by atoms with Crippen LogP contribution in [0.2, 0.25) is 0 Å². The Labute approximate surface area is 174 Å². The summed E-state index contributed by atoms with van der Waals surface area (Å²) in [7, 11) is 0. The van der Waals surface area contributed by atoms with Crippen LogP contribution in [0.5, 0.6) is 0 Å². The van der Waals surface area contributed by atoms with Gasteiger partial charge in [0.1, 0.15) is 0 Å². The summed E-state index contributed by atoms with van der Waals surface area (Å²) in [6.07, 6.45) is 9.34. The molecule has 29 heavy (non-hydrogen) atoms. The average Bonchev–Trinajstić information content (AvgIpc) is 3.36. The summed E-state index contributed by atoms with van der Waals surface area (Å²) in [6.45, 7) is 8.71. The molecule has 1 N–H and O–H groups in total. The third-order valence-corrected chi connectivity index (χ3v) is 7.76. The van der Waals surface area contributed by atoms with Crippen LogP contribution in [-0.2, 0) is 11.2 Å². The Balaban J connectivity index is 1.48. The highest BCUT2D eigenvalue weighted by atomic mass is 16.2. The quantitative estimate of drug-likeness (QED) is 0.822. The van der Waals surface area contributed by atoms with Gasteiger partial charge in [-0.05, 0) is 63.3 Å². The summed E-state index contributed by atoms with van der Waals surface area (Å²) >= 11 is 0. The van der Waals surface area contributed by atoms with Gasteiger partial charge in [0.15, 0.2) is 0 Å². The Morgan fingerprint density at radius 2 is 2.03 bits per heavy atom. The molecule has 5 rings (SSSR count). The van der Waals surface area contributed by atoms with Gasteiger partial charge in [-0.3, -0.25) is 9.69 Å². The Morgan fingerprint density at radius 3 is 2.76 bits per heavy atom. The first-order valence-corrected chi connectivity index (χ1v) is 11.7. The number of benzene rings is 1. The fourth-order valence-corrected chi connectivity index (χ4v) is 6.30. The van der Waals surface area contributed by atoms with E-state index in [0.29, 0.717) is 30.0 Å². The van der Waals surface area contributed by atoms with Crippen molar-refractivity contribution in [1.82, 2.24) is 14.8 Å². The predicted molar refractivity (Wildman–Crippen MR) is 118 cm³/mol. The van der Waals surface area contributed by atoms with Crippen LogP contribution < -0.4 is 5.32 Å². The number of rotatable bonds is 4. The van der Waals surface area contributed by atoms with Crippen LogP contribution in [0.3, 0.4) is 0 Å². The predicted octanol–water partition coefficient (Wildman–Crippen LogP) is 4.63. The monoisotopic (exact) mass is 393 g/mol. The highest BCUT2D eigenvalue weighted by Gasteiger charge is 2.42. The Kier molecular flexibility index (Phi) is 4.93. The maximum absolute atomic E-state index is 13.1. The molecular formula is C25H35N3O. The van der Waals surface area contributed by atoms with Gasteiger partial charge in [-0.2, -0.15) is 0 Å². The van der Waals surface area contributed by atoms with Gasteiger partial charge in [0.25, 0.3) is 0 Å². The molecule has 2 heterocycles. The van der Waals surface area contributed by atoms with Gasteiger partial charge in [0.05, 0.1) is 5.92 Å². The Hall–Kier alpha value is -1.81. The summed E-state index contributed by atoms with van der Waals surface area (Å²) in [5.41, 5.74) is 4.34. The van der Waals surface area contributed by atoms with E-state index in [4.69, 9.17) is 0 Å². The van der Waals surface area contributed by atoms with Gasteiger partial charge in [-0.25, -0.2) is 0 Å². The number of aromatic nitrogens is 1. The first kappa shape index (κ1) is 19.2. The van der Waals surface area contributed by atoms with E-state index >= 15 is 0 Å². The lowest BCUT2D eigenvalue weighted by Crippen LogP contribution is -2.53. The first-order valence-electron chi connectivity index (χ1n) is 11.7. The molecule has 156 valence electrons. The van der Waals surface area contributed by atoms with Crippen molar-refractivity contribution >= 4 is 16.8 Å². The molecule has 1 aliphatic heterocycles. The number of fused-ring (bicyclic) bond motifs is 2. The zero-order valence-electron chi connectivity index (χ0n) is 18.2. The van der Waals surface area contributed by atoms with Crippen LogP contribution in [0.15, 0.2) is 24.4 Å². The molecule has 0 radical (unpaired) electrons. The van der Waals surface area contributed by atoms with Crippen LogP contribution in [0.4, 0.5) is 0 Å². The molecule has 3 aliphatic rings. The number of amides is 1. The largest absolute Gasteiger partial charge is 0.353 e. The number of nitrogens with one attached hydrogen (secondary N) is 1. The molecule has 2 fully saturated rings. The van der Waals surface area contributed by atoms with Gasteiger partial charge in [0.2, 0.25) is 5.91 Å². The van der Waals surface area contributed by atoms with Gasteiger partial charge in [0, 0.05) is 47.7 Å². The van der Waals surface area contributed by atoms with Gasteiger partial charge >= 0.3 is 0 Å². The fourth-order valence-electron chi connectivity index (χ4n) is 6.30. The van der Waals surface area contributed by atoms with E-state index in [0.717, 1.165) is 38.8 Å². The SMILES string of the molecule is CCN1C[C@H](C(=O)NC2CCCC2)CC2c3cccc4c3c(cn4C(C)C)C[C@H]21. The van der Waals surface area contributed by atoms with Crippen molar-refractivity contribution in [2.75, 3.05) is 13.1 Å². The van der Waals surface area contributed by atoms with E-state index in [-0.39, 0.29) is 5.92 Å². The molecule has 0 spiro atoms. The number of hydrogen-bond donors (Lipinski definition) is 1. The highest BCUT2D eigenvalue weighted by Crippen LogP contribution is 2.45. The third kappa shape index (κ3) is 3.20. The van der Waals surface area contributed by atoms with Gasteiger partial charge in [-0.1, -0.05) is 31.9 Å². The smallest absolute Gasteiger partial charge is 0.224 e. The van der Waals surface area contributed by atoms with Crippen LogP contribution in [-0.4, -0.2) is 40.5 Å². The van der Waals surface area contributed by atoms with Crippen molar-refractivity contribution < 1.29 is 4.79 Å². The molecule has 1 aromatic heterocycles. The number of likely N-dealkylation sites (N-methyl/N-ethyl adjacent to an activating group) is 1. The average molecular weight is 394 g/mol. The number of carbonyl (C=O) groups is 1. The minimum absolute atomic E-state index is 0.112. The van der Waals surface area contributed by atoms with Crippen LogP contribution in [0, 0.1) is 5.92 Å². The summed E-state index contributed by atoms with van der Waals surface area (Å²) in [5.74, 6) is 0.870. The summed E-state index contributed by atoms with van der Waals surface area (Å²) in [5, 5.41) is 4.85. The lowest BCUT2D eigenvalue weighted by atomic mass is 9.72.